The lowest BCUT2D eigenvalue weighted by molar-refractivity contribution is -0.136. The van der Waals surface area contributed by atoms with Crippen molar-refractivity contribution in [1.29, 1.82) is 0 Å². The Hall–Kier alpha value is -1.71. The summed E-state index contributed by atoms with van der Waals surface area (Å²) in [7, 11) is 1.60. The topological polar surface area (TPSA) is 49.8 Å². The second-order valence-electron chi connectivity index (χ2n) is 4.61. The molecule has 4 heteroatoms. The molecule has 0 atom stereocenters. The second kappa shape index (κ2) is 5.76. The average molecular weight is 249 g/mol. The number of aliphatic carboxylic acids is 1. The Morgan fingerprint density at radius 3 is 2.67 bits per heavy atom. The van der Waals surface area contributed by atoms with E-state index in [2.05, 4.69) is 4.90 Å². The third kappa shape index (κ3) is 2.94. The first-order valence-corrected chi connectivity index (χ1v) is 6.34. The van der Waals surface area contributed by atoms with Crippen molar-refractivity contribution in [3.05, 3.63) is 23.8 Å². The molecule has 1 aliphatic heterocycles. The lowest BCUT2D eigenvalue weighted by Crippen LogP contribution is -2.30. The number of carboxylic acids is 1. The molecule has 0 spiro atoms. The van der Waals surface area contributed by atoms with E-state index in [-0.39, 0.29) is 6.42 Å². The molecule has 1 aromatic carbocycles. The van der Waals surface area contributed by atoms with Crippen LogP contribution in [0.5, 0.6) is 5.75 Å². The van der Waals surface area contributed by atoms with Crippen molar-refractivity contribution in [2.45, 2.75) is 25.7 Å². The summed E-state index contributed by atoms with van der Waals surface area (Å²) < 4.78 is 5.17. The zero-order chi connectivity index (χ0) is 13.0. The van der Waals surface area contributed by atoms with Crippen molar-refractivity contribution < 1.29 is 14.6 Å². The highest BCUT2D eigenvalue weighted by Gasteiger charge is 2.16. The Balaban J connectivity index is 2.28. The van der Waals surface area contributed by atoms with Crippen LogP contribution in [0.4, 0.5) is 5.69 Å². The maximum absolute atomic E-state index is 10.9. The summed E-state index contributed by atoms with van der Waals surface area (Å²) in [5.74, 6) is -0.0893. The molecular weight excluding hydrogens is 230 g/mol. The van der Waals surface area contributed by atoms with Gasteiger partial charge < -0.3 is 14.7 Å². The summed E-state index contributed by atoms with van der Waals surface area (Å²) in [6.07, 6.45) is 3.67. The SMILES string of the molecule is COc1ccc(N2CCCCC2)c(CC(=O)O)c1. The summed E-state index contributed by atoms with van der Waals surface area (Å²) in [5.41, 5.74) is 1.88. The zero-order valence-electron chi connectivity index (χ0n) is 10.7. The predicted molar refractivity (Wildman–Crippen MR) is 70.4 cm³/mol. The predicted octanol–water partition coefficient (Wildman–Crippen LogP) is 2.31. The third-order valence-electron chi connectivity index (χ3n) is 3.33. The molecular formula is C14H19NO3. The fraction of sp³-hybridized carbons (Fsp3) is 0.500. The Kier molecular flexibility index (Phi) is 4.07. The normalized spacial score (nSPS) is 15.5. The molecule has 1 fully saturated rings. The van der Waals surface area contributed by atoms with Gasteiger partial charge in [-0.15, -0.1) is 0 Å². The molecule has 2 rings (SSSR count). The molecule has 0 saturated carbocycles. The van der Waals surface area contributed by atoms with Gasteiger partial charge in [0.15, 0.2) is 0 Å². The van der Waals surface area contributed by atoms with Gasteiger partial charge in [-0.05, 0) is 43.0 Å². The molecule has 18 heavy (non-hydrogen) atoms. The number of nitrogens with zero attached hydrogens (tertiary/aromatic N) is 1. The number of anilines is 1. The van der Waals surface area contributed by atoms with Crippen molar-refractivity contribution in [3.63, 3.8) is 0 Å². The van der Waals surface area contributed by atoms with Crippen LogP contribution in [0.3, 0.4) is 0 Å². The lowest BCUT2D eigenvalue weighted by atomic mass is 10.0. The van der Waals surface area contributed by atoms with Crippen LogP contribution in [0.15, 0.2) is 18.2 Å². The smallest absolute Gasteiger partial charge is 0.307 e. The van der Waals surface area contributed by atoms with Gasteiger partial charge in [0.25, 0.3) is 0 Å². The van der Waals surface area contributed by atoms with Crippen LogP contribution in [-0.4, -0.2) is 31.3 Å². The number of rotatable bonds is 4. The number of hydrogen-bond donors (Lipinski definition) is 1. The number of benzene rings is 1. The molecule has 4 nitrogen and oxygen atoms in total. The zero-order valence-corrected chi connectivity index (χ0v) is 10.7. The standard InChI is InChI=1S/C14H19NO3/c1-18-12-5-6-13(11(9-12)10-14(16)17)15-7-3-2-4-8-15/h5-6,9H,2-4,7-8,10H2,1H3,(H,16,17). The molecule has 0 bridgehead atoms. The fourth-order valence-corrected chi connectivity index (χ4v) is 2.44. The molecule has 0 aliphatic carbocycles. The minimum Gasteiger partial charge on any atom is -0.497 e. The first-order valence-electron chi connectivity index (χ1n) is 6.34. The van der Waals surface area contributed by atoms with E-state index in [1.54, 1.807) is 7.11 Å². The van der Waals surface area contributed by atoms with E-state index in [4.69, 9.17) is 9.84 Å². The van der Waals surface area contributed by atoms with Gasteiger partial charge in [-0.1, -0.05) is 0 Å². The summed E-state index contributed by atoms with van der Waals surface area (Å²) in [4.78, 5) is 13.2. The van der Waals surface area contributed by atoms with Crippen LogP contribution in [-0.2, 0) is 11.2 Å². The third-order valence-corrected chi connectivity index (χ3v) is 3.33. The van der Waals surface area contributed by atoms with E-state index in [9.17, 15) is 4.79 Å². The molecule has 98 valence electrons. The summed E-state index contributed by atoms with van der Waals surface area (Å²) in [6, 6.07) is 5.70. The molecule has 0 amide bonds. The fourth-order valence-electron chi connectivity index (χ4n) is 2.44. The van der Waals surface area contributed by atoms with Crippen molar-refractivity contribution in [2.75, 3.05) is 25.1 Å². The van der Waals surface area contributed by atoms with Gasteiger partial charge >= 0.3 is 5.97 Å². The van der Waals surface area contributed by atoms with Gasteiger partial charge in [-0.3, -0.25) is 4.79 Å². The number of carboxylic acid groups (broad SMARTS) is 1. The maximum Gasteiger partial charge on any atom is 0.307 e. The van der Waals surface area contributed by atoms with Crippen LogP contribution < -0.4 is 9.64 Å². The van der Waals surface area contributed by atoms with Gasteiger partial charge in [0.05, 0.1) is 13.5 Å². The number of ether oxygens (including phenoxy) is 1. The molecule has 1 N–H and O–H groups in total. The van der Waals surface area contributed by atoms with E-state index in [1.807, 2.05) is 18.2 Å². The number of carbonyl (C=O) groups is 1. The van der Waals surface area contributed by atoms with Crippen molar-refractivity contribution in [1.82, 2.24) is 0 Å². The first kappa shape index (κ1) is 12.7. The monoisotopic (exact) mass is 249 g/mol. The van der Waals surface area contributed by atoms with Gasteiger partial charge in [-0.2, -0.15) is 0 Å². The Bertz CT molecular complexity index is 425. The maximum atomic E-state index is 10.9. The minimum absolute atomic E-state index is 0.0447. The average Bonchev–Trinajstić information content (AvgIpc) is 2.39. The van der Waals surface area contributed by atoms with Crippen molar-refractivity contribution >= 4 is 11.7 Å². The molecule has 1 aliphatic rings. The second-order valence-corrected chi connectivity index (χ2v) is 4.61. The van der Waals surface area contributed by atoms with Crippen LogP contribution in [0.1, 0.15) is 24.8 Å². The molecule has 1 saturated heterocycles. The highest BCUT2D eigenvalue weighted by Crippen LogP contribution is 2.28. The highest BCUT2D eigenvalue weighted by atomic mass is 16.5. The van der Waals surface area contributed by atoms with Crippen LogP contribution >= 0.6 is 0 Å². The minimum atomic E-state index is -0.804. The first-order chi connectivity index (χ1) is 8.70. The van der Waals surface area contributed by atoms with Gasteiger partial charge in [0, 0.05) is 18.8 Å². The van der Waals surface area contributed by atoms with E-state index >= 15 is 0 Å². The Morgan fingerprint density at radius 2 is 2.06 bits per heavy atom. The van der Waals surface area contributed by atoms with Gasteiger partial charge in [0.1, 0.15) is 5.75 Å². The van der Waals surface area contributed by atoms with Crippen molar-refractivity contribution in [3.8, 4) is 5.75 Å². The molecule has 0 aromatic heterocycles. The van der Waals surface area contributed by atoms with Crippen LogP contribution in [0.25, 0.3) is 0 Å². The molecule has 1 aromatic rings. The van der Waals surface area contributed by atoms with E-state index in [1.165, 1.54) is 19.3 Å². The number of methoxy groups -OCH3 is 1. The van der Waals surface area contributed by atoms with E-state index in [0.717, 1.165) is 24.3 Å². The summed E-state index contributed by atoms with van der Waals surface area (Å²) in [6.45, 7) is 2.03. The lowest BCUT2D eigenvalue weighted by Gasteiger charge is -2.30. The van der Waals surface area contributed by atoms with Crippen LogP contribution in [0.2, 0.25) is 0 Å². The Labute approximate surface area is 107 Å². The summed E-state index contributed by atoms with van der Waals surface area (Å²) >= 11 is 0. The number of piperidine rings is 1. The van der Waals surface area contributed by atoms with E-state index in [0.29, 0.717) is 5.75 Å². The van der Waals surface area contributed by atoms with Crippen molar-refractivity contribution in [2.24, 2.45) is 0 Å². The largest absolute Gasteiger partial charge is 0.497 e. The van der Waals surface area contributed by atoms with Gasteiger partial charge in [0.2, 0.25) is 0 Å². The van der Waals surface area contributed by atoms with Gasteiger partial charge in [-0.25, -0.2) is 0 Å². The highest BCUT2D eigenvalue weighted by molar-refractivity contribution is 5.74. The summed E-state index contributed by atoms with van der Waals surface area (Å²) in [5, 5.41) is 8.99. The van der Waals surface area contributed by atoms with Crippen LogP contribution in [0, 0.1) is 0 Å². The number of hydrogen-bond acceptors (Lipinski definition) is 3. The Morgan fingerprint density at radius 1 is 1.33 bits per heavy atom. The quantitative estimate of drug-likeness (QED) is 0.889. The van der Waals surface area contributed by atoms with E-state index < -0.39 is 5.97 Å². The molecule has 0 radical (unpaired) electrons. The molecule has 0 unspecified atom stereocenters. The molecule has 1 heterocycles.